The molecule has 0 amide bonds. The van der Waals surface area contributed by atoms with Gasteiger partial charge in [-0.15, -0.1) is 0 Å². The molecule has 68 valence electrons. The Morgan fingerprint density at radius 2 is 2.17 bits per heavy atom. The smallest absolute Gasteiger partial charge is 0.238 e. The van der Waals surface area contributed by atoms with Crippen molar-refractivity contribution in [2.45, 2.75) is 27.3 Å². The lowest BCUT2D eigenvalue weighted by molar-refractivity contribution is 0.343. The fourth-order valence-corrected chi connectivity index (χ4v) is 0.990. The Morgan fingerprint density at radius 3 is 2.58 bits per heavy atom. The number of nitrogens with one attached hydrogen (secondary N) is 1. The lowest BCUT2D eigenvalue weighted by atomic mass is 9.98. The van der Waals surface area contributed by atoms with E-state index in [2.05, 4.69) is 36.3 Å². The van der Waals surface area contributed by atoms with Gasteiger partial charge in [0.25, 0.3) is 0 Å². The van der Waals surface area contributed by atoms with Gasteiger partial charge in [0.05, 0.1) is 0 Å². The monoisotopic (exact) mass is 186 g/mol. The first-order valence-corrected chi connectivity index (χ1v) is 4.50. The maximum absolute atomic E-state index is 4.95. The molecule has 0 aliphatic carbocycles. The van der Waals surface area contributed by atoms with E-state index in [9.17, 15) is 0 Å². The highest BCUT2D eigenvalue weighted by molar-refractivity contribution is 7.71. The first-order valence-electron chi connectivity index (χ1n) is 4.09. The molecule has 0 aromatic carbocycles. The number of rotatable bonds is 3. The van der Waals surface area contributed by atoms with Crippen molar-refractivity contribution in [2.24, 2.45) is 11.8 Å². The SMILES string of the molecule is CC(C)C(C)Cn1[nH]nnc1=S. The van der Waals surface area contributed by atoms with Crippen LogP contribution in [0, 0.1) is 16.6 Å². The second-order valence-electron chi connectivity index (χ2n) is 3.41. The summed E-state index contributed by atoms with van der Waals surface area (Å²) in [5.41, 5.74) is 0. The van der Waals surface area contributed by atoms with Gasteiger partial charge in [0.2, 0.25) is 4.77 Å². The molecule has 0 saturated heterocycles. The van der Waals surface area contributed by atoms with Crippen molar-refractivity contribution in [3.63, 3.8) is 0 Å². The molecule has 0 saturated carbocycles. The van der Waals surface area contributed by atoms with Crippen molar-refractivity contribution in [1.29, 1.82) is 0 Å². The molecular formula is C7H14N4S. The van der Waals surface area contributed by atoms with Gasteiger partial charge in [-0.3, -0.25) is 0 Å². The molecule has 1 heterocycles. The number of hydrogen-bond acceptors (Lipinski definition) is 3. The highest BCUT2D eigenvalue weighted by Gasteiger charge is 2.08. The molecule has 1 aromatic heterocycles. The second-order valence-corrected chi connectivity index (χ2v) is 3.78. The zero-order valence-electron chi connectivity index (χ0n) is 7.61. The van der Waals surface area contributed by atoms with Gasteiger partial charge >= 0.3 is 0 Å². The number of hydrogen-bond donors (Lipinski definition) is 1. The average molecular weight is 186 g/mol. The Morgan fingerprint density at radius 1 is 1.50 bits per heavy atom. The van der Waals surface area contributed by atoms with Crippen molar-refractivity contribution < 1.29 is 0 Å². The number of nitrogens with zero attached hydrogens (tertiary/aromatic N) is 3. The van der Waals surface area contributed by atoms with Crippen LogP contribution in [0.1, 0.15) is 20.8 Å². The van der Waals surface area contributed by atoms with E-state index in [1.165, 1.54) is 0 Å². The average Bonchev–Trinajstić information content (AvgIpc) is 2.36. The number of aromatic amines is 1. The van der Waals surface area contributed by atoms with Crippen molar-refractivity contribution in [2.75, 3.05) is 0 Å². The largest absolute Gasteiger partial charge is 0.242 e. The van der Waals surface area contributed by atoms with Crippen LogP contribution in [0.4, 0.5) is 0 Å². The van der Waals surface area contributed by atoms with Gasteiger partial charge in [0.15, 0.2) is 0 Å². The fraction of sp³-hybridized carbons (Fsp3) is 0.857. The third kappa shape index (κ3) is 2.14. The minimum Gasteiger partial charge on any atom is -0.242 e. The third-order valence-electron chi connectivity index (χ3n) is 2.14. The highest BCUT2D eigenvalue weighted by atomic mass is 32.1. The van der Waals surface area contributed by atoms with E-state index in [0.717, 1.165) is 6.54 Å². The van der Waals surface area contributed by atoms with E-state index in [-0.39, 0.29) is 0 Å². The van der Waals surface area contributed by atoms with Crippen LogP contribution >= 0.6 is 12.2 Å². The molecule has 0 radical (unpaired) electrons. The molecule has 1 atom stereocenters. The summed E-state index contributed by atoms with van der Waals surface area (Å²) in [6.45, 7) is 7.44. The summed E-state index contributed by atoms with van der Waals surface area (Å²) in [6, 6.07) is 0. The van der Waals surface area contributed by atoms with Crippen molar-refractivity contribution in [3.05, 3.63) is 4.77 Å². The molecule has 0 aliphatic heterocycles. The molecule has 1 rings (SSSR count). The summed E-state index contributed by atoms with van der Waals surface area (Å²) < 4.78 is 2.32. The number of aromatic nitrogens is 4. The van der Waals surface area contributed by atoms with E-state index in [1.807, 2.05) is 0 Å². The zero-order valence-corrected chi connectivity index (χ0v) is 8.43. The summed E-state index contributed by atoms with van der Waals surface area (Å²) in [5, 5.41) is 10.1. The molecule has 4 nitrogen and oxygen atoms in total. The molecule has 1 N–H and O–H groups in total. The Bertz CT molecular complexity index is 288. The lowest BCUT2D eigenvalue weighted by Gasteiger charge is -2.14. The molecule has 0 fully saturated rings. The van der Waals surface area contributed by atoms with Gasteiger partial charge in [0.1, 0.15) is 0 Å². The van der Waals surface area contributed by atoms with Gasteiger partial charge in [-0.1, -0.05) is 31.1 Å². The summed E-state index contributed by atoms with van der Waals surface area (Å²) in [6.07, 6.45) is 0. The Labute approximate surface area is 77.0 Å². The Kier molecular flexibility index (Phi) is 2.97. The van der Waals surface area contributed by atoms with Crippen LogP contribution in [-0.4, -0.2) is 20.2 Å². The van der Waals surface area contributed by atoms with Gasteiger partial charge in [0, 0.05) is 6.54 Å². The van der Waals surface area contributed by atoms with Crippen molar-refractivity contribution in [3.8, 4) is 0 Å². The van der Waals surface area contributed by atoms with Crippen LogP contribution in [0.25, 0.3) is 0 Å². The van der Waals surface area contributed by atoms with Gasteiger partial charge in [-0.05, 0) is 24.1 Å². The highest BCUT2D eigenvalue weighted by Crippen LogP contribution is 2.11. The van der Waals surface area contributed by atoms with Crippen LogP contribution in [-0.2, 0) is 6.54 Å². The minimum atomic E-state index is 0.530. The molecule has 0 aliphatic rings. The van der Waals surface area contributed by atoms with E-state index >= 15 is 0 Å². The predicted molar refractivity (Wildman–Crippen MR) is 49.2 cm³/mol. The van der Waals surface area contributed by atoms with Crippen LogP contribution < -0.4 is 0 Å². The zero-order chi connectivity index (χ0) is 9.14. The maximum atomic E-state index is 4.95. The summed E-state index contributed by atoms with van der Waals surface area (Å²) in [4.78, 5) is 0. The van der Waals surface area contributed by atoms with Gasteiger partial charge < -0.3 is 0 Å². The van der Waals surface area contributed by atoms with Crippen LogP contribution in [0.5, 0.6) is 0 Å². The molecule has 1 unspecified atom stereocenters. The molecular weight excluding hydrogens is 172 g/mol. The summed E-state index contributed by atoms with van der Waals surface area (Å²) >= 11 is 4.95. The van der Waals surface area contributed by atoms with E-state index in [4.69, 9.17) is 12.2 Å². The number of H-pyrrole nitrogens is 1. The maximum Gasteiger partial charge on any atom is 0.238 e. The van der Waals surface area contributed by atoms with E-state index in [0.29, 0.717) is 16.6 Å². The summed E-state index contributed by atoms with van der Waals surface area (Å²) in [5.74, 6) is 1.23. The Balaban J connectivity index is 2.64. The van der Waals surface area contributed by atoms with Crippen LogP contribution in [0.2, 0.25) is 0 Å². The molecule has 12 heavy (non-hydrogen) atoms. The van der Waals surface area contributed by atoms with Gasteiger partial charge in [-0.2, -0.15) is 5.21 Å². The first kappa shape index (κ1) is 9.38. The van der Waals surface area contributed by atoms with Crippen molar-refractivity contribution in [1.82, 2.24) is 20.2 Å². The molecule has 0 bridgehead atoms. The van der Waals surface area contributed by atoms with E-state index in [1.54, 1.807) is 4.68 Å². The standard InChI is InChI=1S/C7H14N4S/c1-5(2)6(3)4-11-7(12)8-9-10-11/h5-6H,4H2,1-3H3,(H,8,10,12). The topological polar surface area (TPSA) is 46.5 Å². The Hall–Kier alpha value is -0.710. The van der Waals surface area contributed by atoms with Crippen molar-refractivity contribution >= 4 is 12.2 Å². The fourth-order valence-electron chi connectivity index (χ4n) is 0.834. The predicted octanol–water partition coefficient (Wildman–Crippen LogP) is 1.63. The molecule has 5 heteroatoms. The molecule has 1 aromatic rings. The quantitative estimate of drug-likeness (QED) is 0.730. The molecule has 0 spiro atoms. The van der Waals surface area contributed by atoms with E-state index < -0.39 is 0 Å². The van der Waals surface area contributed by atoms with Crippen LogP contribution in [0.3, 0.4) is 0 Å². The van der Waals surface area contributed by atoms with Gasteiger partial charge in [-0.25, -0.2) is 4.68 Å². The van der Waals surface area contributed by atoms with Crippen LogP contribution in [0.15, 0.2) is 0 Å². The number of tetrazole rings is 1. The lowest BCUT2D eigenvalue weighted by Crippen LogP contribution is -2.14. The second kappa shape index (κ2) is 3.80. The minimum absolute atomic E-state index is 0.530. The summed E-state index contributed by atoms with van der Waals surface area (Å²) in [7, 11) is 0. The third-order valence-corrected chi connectivity index (χ3v) is 2.44. The normalized spacial score (nSPS) is 13.7. The first-order chi connectivity index (χ1) is 5.61.